The van der Waals surface area contributed by atoms with E-state index in [9.17, 15) is 9.90 Å². The Bertz CT molecular complexity index is 1150. The number of aromatic nitrogens is 2. The second kappa shape index (κ2) is 9.47. The van der Waals surface area contributed by atoms with Crippen LogP contribution in [0, 0.1) is 11.8 Å². The number of nitrogens with zero attached hydrogens (tertiary/aromatic N) is 2. The average molecular weight is 472 g/mol. The number of imidazole rings is 1. The van der Waals surface area contributed by atoms with Crippen molar-refractivity contribution in [1.82, 2.24) is 20.2 Å². The lowest BCUT2D eigenvalue weighted by Crippen LogP contribution is -2.52. The van der Waals surface area contributed by atoms with Crippen LogP contribution >= 0.6 is 0 Å². The first kappa shape index (κ1) is 22.3. The number of hydrogen-bond acceptors (Lipinski definition) is 5. The standard InChI is InChI=1S/C28H33N5O2/c34-27(18-8-2-1-3-9-18)32-23-13-7-5-11-20(23)28(35)33-17-14-21-24(26-29-15-16-30-26)31-22-12-6-4-10-19(22)25(21)33/h1-4,6,8-10,12,15-16,20-21,23-25,28,31,35H,5,7,11,13-14,17H2,(H,29,30)(H,32,34)/t20-,21+,23+,24+,25-,28?/m0/s1. The molecule has 1 saturated carbocycles. The quantitative estimate of drug-likeness (QED) is 0.447. The van der Waals surface area contributed by atoms with Gasteiger partial charge in [0.1, 0.15) is 12.1 Å². The van der Waals surface area contributed by atoms with E-state index in [1.807, 2.05) is 36.5 Å². The van der Waals surface area contributed by atoms with E-state index in [2.05, 4.69) is 49.8 Å². The Hall–Kier alpha value is -3.16. The largest absolute Gasteiger partial charge is 0.378 e. The molecular formula is C28H33N5O2. The van der Waals surface area contributed by atoms with Crippen LogP contribution < -0.4 is 10.6 Å². The van der Waals surface area contributed by atoms with Crippen LogP contribution in [0.5, 0.6) is 0 Å². The predicted molar refractivity (Wildman–Crippen MR) is 135 cm³/mol. The Labute approximate surface area is 206 Å². The molecule has 35 heavy (non-hydrogen) atoms. The Balaban J connectivity index is 1.27. The number of para-hydroxylation sites is 1. The summed E-state index contributed by atoms with van der Waals surface area (Å²) in [5, 5.41) is 18.8. The SMILES string of the molecule is O=C(N[C@@H]1CCCC[C@@H]1C(O)N1CC[C@@H]2[C@H](c3ncc[nH]3)Nc3ccccc3[C@@H]21)c1ccccc1. The number of benzene rings is 2. The van der Waals surface area contributed by atoms with E-state index in [0.717, 1.165) is 50.2 Å². The van der Waals surface area contributed by atoms with Gasteiger partial charge in [0.05, 0.1) is 6.04 Å². The number of aliphatic hydroxyl groups is 1. The van der Waals surface area contributed by atoms with Crippen molar-refractivity contribution in [2.45, 2.75) is 56.5 Å². The van der Waals surface area contributed by atoms with Gasteiger partial charge in [-0.1, -0.05) is 49.2 Å². The number of hydrogen-bond donors (Lipinski definition) is 4. The van der Waals surface area contributed by atoms with E-state index >= 15 is 0 Å². The summed E-state index contributed by atoms with van der Waals surface area (Å²) in [6.45, 7) is 0.819. The fourth-order valence-electron chi connectivity index (χ4n) is 6.56. The monoisotopic (exact) mass is 471 g/mol. The molecule has 6 rings (SSSR count). The molecule has 0 radical (unpaired) electrons. The van der Waals surface area contributed by atoms with Gasteiger partial charge in [0, 0.05) is 54.1 Å². The minimum absolute atomic E-state index is 0.000673. The van der Waals surface area contributed by atoms with Gasteiger partial charge in [0.15, 0.2) is 0 Å². The molecule has 182 valence electrons. The van der Waals surface area contributed by atoms with Gasteiger partial charge in [0.25, 0.3) is 5.91 Å². The summed E-state index contributed by atoms with van der Waals surface area (Å²) in [5.74, 6) is 1.18. The lowest BCUT2D eigenvalue weighted by Gasteiger charge is -2.44. The van der Waals surface area contributed by atoms with Crippen LogP contribution in [0.1, 0.15) is 65.9 Å². The molecule has 2 fully saturated rings. The summed E-state index contributed by atoms with van der Waals surface area (Å²) >= 11 is 0. The zero-order valence-electron chi connectivity index (χ0n) is 19.8. The Morgan fingerprint density at radius 2 is 1.86 bits per heavy atom. The van der Waals surface area contributed by atoms with Gasteiger partial charge in [-0.05, 0) is 43.0 Å². The summed E-state index contributed by atoms with van der Waals surface area (Å²) in [6.07, 6.45) is 7.99. The number of fused-ring (bicyclic) bond motifs is 3. The van der Waals surface area contributed by atoms with Gasteiger partial charge < -0.3 is 20.7 Å². The molecule has 1 aromatic heterocycles. The van der Waals surface area contributed by atoms with Gasteiger partial charge in [-0.2, -0.15) is 0 Å². The summed E-state index contributed by atoms with van der Waals surface area (Å²) in [6, 6.07) is 17.9. The van der Waals surface area contributed by atoms with Gasteiger partial charge in [0.2, 0.25) is 0 Å². The van der Waals surface area contributed by atoms with E-state index in [-0.39, 0.29) is 30.0 Å². The van der Waals surface area contributed by atoms with Gasteiger partial charge in [-0.25, -0.2) is 4.98 Å². The number of amides is 1. The Morgan fingerprint density at radius 1 is 1.06 bits per heavy atom. The predicted octanol–water partition coefficient (Wildman–Crippen LogP) is 4.25. The molecule has 2 aliphatic heterocycles. The highest BCUT2D eigenvalue weighted by Crippen LogP contribution is 2.52. The molecule has 2 aromatic carbocycles. The minimum Gasteiger partial charge on any atom is -0.378 e. The molecule has 4 N–H and O–H groups in total. The van der Waals surface area contributed by atoms with E-state index in [1.165, 1.54) is 5.56 Å². The third-order valence-electron chi connectivity index (χ3n) is 8.21. The minimum atomic E-state index is -0.616. The zero-order valence-corrected chi connectivity index (χ0v) is 19.8. The lowest BCUT2D eigenvalue weighted by atomic mass is 9.80. The van der Waals surface area contributed by atoms with Gasteiger partial charge in [-0.15, -0.1) is 0 Å². The second-order valence-corrected chi connectivity index (χ2v) is 10.1. The molecule has 1 saturated heterocycles. The number of rotatable bonds is 5. The number of aromatic amines is 1. The smallest absolute Gasteiger partial charge is 0.251 e. The number of nitrogens with one attached hydrogen (secondary N) is 3. The number of likely N-dealkylation sites (tertiary alicyclic amines) is 1. The maximum atomic E-state index is 12.9. The zero-order chi connectivity index (χ0) is 23.8. The molecule has 0 bridgehead atoms. The van der Waals surface area contributed by atoms with Crippen LogP contribution in [0.2, 0.25) is 0 Å². The normalized spacial score (nSPS) is 29.0. The van der Waals surface area contributed by atoms with Crippen LogP contribution in [0.25, 0.3) is 0 Å². The van der Waals surface area contributed by atoms with Crippen molar-refractivity contribution >= 4 is 11.6 Å². The fraction of sp³-hybridized carbons (Fsp3) is 0.429. The van der Waals surface area contributed by atoms with Crippen molar-refractivity contribution in [1.29, 1.82) is 0 Å². The molecule has 6 atom stereocenters. The number of carbonyl (C=O) groups is 1. The maximum absolute atomic E-state index is 12.9. The first-order valence-corrected chi connectivity index (χ1v) is 12.8. The lowest BCUT2D eigenvalue weighted by molar-refractivity contribution is -0.0721. The Morgan fingerprint density at radius 3 is 2.69 bits per heavy atom. The highest BCUT2D eigenvalue weighted by molar-refractivity contribution is 5.94. The summed E-state index contributed by atoms with van der Waals surface area (Å²) < 4.78 is 0. The Kier molecular flexibility index (Phi) is 6.04. The van der Waals surface area contributed by atoms with Crippen molar-refractivity contribution in [3.05, 3.63) is 83.9 Å². The van der Waals surface area contributed by atoms with Crippen molar-refractivity contribution in [2.24, 2.45) is 11.8 Å². The van der Waals surface area contributed by atoms with Crippen LogP contribution in [-0.2, 0) is 0 Å². The van der Waals surface area contributed by atoms with Crippen LogP contribution in [0.3, 0.4) is 0 Å². The van der Waals surface area contributed by atoms with E-state index in [4.69, 9.17) is 0 Å². The van der Waals surface area contributed by atoms with E-state index in [1.54, 1.807) is 6.20 Å². The number of aliphatic hydroxyl groups excluding tert-OH is 1. The van der Waals surface area contributed by atoms with Crippen LogP contribution in [-0.4, -0.2) is 44.7 Å². The van der Waals surface area contributed by atoms with Crippen molar-refractivity contribution in [3.63, 3.8) is 0 Å². The number of carbonyl (C=O) groups excluding carboxylic acids is 1. The second-order valence-electron chi connectivity index (χ2n) is 10.1. The fourth-order valence-corrected chi connectivity index (χ4v) is 6.56. The number of H-pyrrole nitrogens is 1. The van der Waals surface area contributed by atoms with Crippen molar-refractivity contribution in [3.8, 4) is 0 Å². The molecular weight excluding hydrogens is 438 g/mol. The first-order valence-electron chi connectivity index (χ1n) is 12.8. The maximum Gasteiger partial charge on any atom is 0.251 e. The molecule has 0 spiro atoms. The van der Waals surface area contributed by atoms with E-state index < -0.39 is 6.23 Å². The molecule has 3 heterocycles. The molecule has 7 heteroatoms. The highest BCUT2D eigenvalue weighted by atomic mass is 16.3. The van der Waals surface area contributed by atoms with Gasteiger partial charge in [-0.3, -0.25) is 9.69 Å². The van der Waals surface area contributed by atoms with Crippen LogP contribution in [0.15, 0.2) is 67.0 Å². The van der Waals surface area contributed by atoms with Crippen LogP contribution in [0.4, 0.5) is 5.69 Å². The molecule has 1 unspecified atom stereocenters. The van der Waals surface area contributed by atoms with E-state index in [0.29, 0.717) is 11.5 Å². The molecule has 1 amide bonds. The molecule has 3 aromatic rings. The third-order valence-corrected chi connectivity index (χ3v) is 8.21. The topological polar surface area (TPSA) is 93.3 Å². The molecule has 3 aliphatic rings. The van der Waals surface area contributed by atoms with Crippen molar-refractivity contribution in [2.75, 3.05) is 11.9 Å². The average Bonchev–Trinajstić information content (AvgIpc) is 3.60. The van der Waals surface area contributed by atoms with Gasteiger partial charge >= 0.3 is 0 Å². The third kappa shape index (κ3) is 4.13. The summed E-state index contributed by atoms with van der Waals surface area (Å²) in [4.78, 5) is 23.1. The van der Waals surface area contributed by atoms with Crippen molar-refractivity contribution < 1.29 is 9.90 Å². The number of anilines is 1. The highest BCUT2D eigenvalue weighted by Gasteiger charge is 2.49. The first-order chi connectivity index (χ1) is 17.2. The summed E-state index contributed by atoms with van der Waals surface area (Å²) in [5.41, 5.74) is 3.01. The summed E-state index contributed by atoms with van der Waals surface area (Å²) in [7, 11) is 0. The molecule has 7 nitrogen and oxygen atoms in total. The molecule has 1 aliphatic carbocycles.